The minimum atomic E-state index is 0.0168. The standard InChI is InChI=1S/C12H19NO2/c1-6-12(10(4)14)8-13-9(3)11(5)15-7-2/h6,8H,7H2,1-5H3/b11-9+,12-6+,13-8+. The van der Waals surface area contributed by atoms with Crippen LogP contribution in [0.3, 0.4) is 0 Å². The maximum atomic E-state index is 11.1. The Bertz CT molecular complexity index is 312. The van der Waals surface area contributed by atoms with Gasteiger partial charge >= 0.3 is 0 Å². The highest BCUT2D eigenvalue weighted by atomic mass is 16.5. The minimum Gasteiger partial charge on any atom is -0.497 e. The van der Waals surface area contributed by atoms with Crippen molar-refractivity contribution >= 4 is 12.0 Å². The van der Waals surface area contributed by atoms with Gasteiger partial charge in [0, 0.05) is 11.8 Å². The third kappa shape index (κ3) is 5.15. The zero-order valence-corrected chi connectivity index (χ0v) is 10.1. The van der Waals surface area contributed by atoms with E-state index < -0.39 is 0 Å². The largest absolute Gasteiger partial charge is 0.497 e. The van der Waals surface area contributed by atoms with E-state index in [-0.39, 0.29) is 5.78 Å². The quantitative estimate of drug-likeness (QED) is 0.397. The molecule has 0 aliphatic carbocycles. The molecular weight excluding hydrogens is 190 g/mol. The van der Waals surface area contributed by atoms with E-state index in [2.05, 4.69) is 4.99 Å². The molecule has 0 heterocycles. The van der Waals surface area contributed by atoms with Gasteiger partial charge in [0.2, 0.25) is 0 Å². The summed E-state index contributed by atoms with van der Waals surface area (Å²) >= 11 is 0. The lowest BCUT2D eigenvalue weighted by molar-refractivity contribution is -0.113. The first kappa shape index (κ1) is 13.6. The lowest BCUT2D eigenvalue weighted by Gasteiger charge is -2.04. The van der Waals surface area contributed by atoms with E-state index in [4.69, 9.17) is 4.74 Å². The second kappa shape index (κ2) is 6.98. The zero-order chi connectivity index (χ0) is 11.8. The molecule has 0 saturated carbocycles. The molecule has 0 radical (unpaired) electrons. The van der Waals surface area contributed by atoms with Crippen molar-refractivity contribution in [1.29, 1.82) is 0 Å². The average Bonchev–Trinajstić information content (AvgIpc) is 2.18. The number of ketones is 1. The van der Waals surface area contributed by atoms with E-state index >= 15 is 0 Å². The molecule has 0 bridgehead atoms. The van der Waals surface area contributed by atoms with Crippen molar-refractivity contribution in [1.82, 2.24) is 0 Å². The molecule has 0 atom stereocenters. The monoisotopic (exact) mass is 209 g/mol. The maximum Gasteiger partial charge on any atom is 0.161 e. The number of carbonyl (C=O) groups excluding carboxylic acids is 1. The summed E-state index contributed by atoms with van der Waals surface area (Å²) in [5, 5.41) is 0. The van der Waals surface area contributed by atoms with Gasteiger partial charge in [0.1, 0.15) is 5.76 Å². The Kier molecular flexibility index (Phi) is 6.34. The highest BCUT2D eigenvalue weighted by Gasteiger charge is 1.99. The van der Waals surface area contributed by atoms with Crippen molar-refractivity contribution < 1.29 is 9.53 Å². The molecule has 0 aliphatic rings. The van der Waals surface area contributed by atoms with Gasteiger partial charge in [0.05, 0.1) is 12.3 Å². The van der Waals surface area contributed by atoms with Gasteiger partial charge < -0.3 is 4.74 Å². The number of ether oxygens (including phenoxy) is 1. The molecule has 0 N–H and O–H groups in total. The molecule has 0 saturated heterocycles. The van der Waals surface area contributed by atoms with E-state index in [1.54, 1.807) is 12.3 Å². The van der Waals surface area contributed by atoms with Crippen LogP contribution in [0.5, 0.6) is 0 Å². The molecule has 0 rings (SSSR count). The lowest BCUT2D eigenvalue weighted by Crippen LogP contribution is -1.98. The van der Waals surface area contributed by atoms with Gasteiger partial charge in [0.25, 0.3) is 0 Å². The van der Waals surface area contributed by atoms with Crippen LogP contribution in [0.2, 0.25) is 0 Å². The molecular formula is C12H19NO2. The molecule has 0 aromatic carbocycles. The summed E-state index contributed by atoms with van der Waals surface area (Å²) in [5.41, 5.74) is 1.40. The maximum absolute atomic E-state index is 11.1. The molecule has 0 unspecified atom stereocenters. The predicted molar refractivity (Wildman–Crippen MR) is 62.9 cm³/mol. The summed E-state index contributed by atoms with van der Waals surface area (Å²) in [4.78, 5) is 15.3. The number of aliphatic imine (C=N–C) groups is 1. The number of hydrogen-bond acceptors (Lipinski definition) is 3. The topological polar surface area (TPSA) is 38.7 Å². The fourth-order valence-corrected chi connectivity index (χ4v) is 0.947. The number of nitrogens with zero attached hydrogens (tertiary/aromatic N) is 1. The fourth-order valence-electron chi connectivity index (χ4n) is 0.947. The Labute approximate surface area is 91.5 Å². The van der Waals surface area contributed by atoms with Crippen LogP contribution >= 0.6 is 0 Å². The van der Waals surface area contributed by atoms with Crippen LogP contribution in [0.1, 0.15) is 34.6 Å². The zero-order valence-electron chi connectivity index (χ0n) is 10.1. The first-order valence-corrected chi connectivity index (χ1v) is 5.04. The van der Waals surface area contributed by atoms with E-state index in [1.807, 2.05) is 27.7 Å². The smallest absolute Gasteiger partial charge is 0.161 e. The Balaban J connectivity index is 4.65. The van der Waals surface area contributed by atoms with Crippen molar-refractivity contribution in [3.05, 3.63) is 23.1 Å². The van der Waals surface area contributed by atoms with Crippen molar-refractivity contribution in [3.8, 4) is 0 Å². The van der Waals surface area contributed by atoms with Crippen LogP contribution in [-0.2, 0) is 9.53 Å². The van der Waals surface area contributed by atoms with Crippen molar-refractivity contribution in [2.24, 2.45) is 4.99 Å². The Morgan fingerprint density at radius 2 is 1.93 bits per heavy atom. The molecule has 3 nitrogen and oxygen atoms in total. The second-order valence-electron chi connectivity index (χ2n) is 3.13. The molecule has 3 heteroatoms. The summed E-state index contributed by atoms with van der Waals surface area (Å²) in [6, 6.07) is 0. The van der Waals surface area contributed by atoms with Gasteiger partial charge in [-0.1, -0.05) is 6.08 Å². The summed E-state index contributed by atoms with van der Waals surface area (Å²) in [6.45, 7) is 9.61. The third-order valence-electron chi connectivity index (χ3n) is 1.99. The molecule has 0 aromatic rings. The SMILES string of the molecule is C\C=C(/C=N/C(C)=C(\C)OCC)C(C)=O. The summed E-state index contributed by atoms with van der Waals surface area (Å²) in [5.74, 6) is 0.802. The van der Waals surface area contributed by atoms with E-state index in [1.165, 1.54) is 6.92 Å². The van der Waals surface area contributed by atoms with Gasteiger partial charge in [-0.15, -0.1) is 0 Å². The minimum absolute atomic E-state index is 0.0168. The predicted octanol–water partition coefficient (Wildman–Crippen LogP) is 2.88. The molecule has 0 aromatic heterocycles. The lowest BCUT2D eigenvalue weighted by atomic mass is 10.2. The van der Waals surface area contributed by atoms with Gasteiger partial charge in [-0.3, -0.25) is 9.79 Å². The summed E-state index contributed by atoms with van der Waals surface area (Å²) in [7, 11) is 0. The number of carbonyl (C=O) groups is 1. The Hall–Kier alpha value is -1.38. The third-order valence-corrected chi connectivity index (χ3v) is 1.99. The number of allylic oxidation sites excluding steroid dienone is 4. The number of rotatable bonds is 5. The summed E-state index contributed by atoms with van der Waals surface area (Å²) < 4.78 is 5.29. The van der Waals surface area contributed by atoms with E-state index in [9.17, 15) is 4.79 Å². The Morgan fingerprint density at radius 1 is 1.33 bits per heavy atom. The molecule has 15 heavy (non-hydrogen) atoms. The van der Waals surface area contributed by atoms with Crippen LogP contribution in [0, 0.1) is 0 Å². The van der Waals surface area contributed by atoms with Gasteiger partial charge in [-0.25, -0.2) is 0 Å². The highest BCUT2D eigenvalue weighted by molar-refractivity contribution is 6.12. The first-order chi connectivity index (χ1) is 7.02. The van der Waals surface area contributed by atoms with Crippen LogP contribution in [0.4, 0.5) is 0 Å². The van der Waals surface area contributed by atoms with Gasteiger partial charge in [-0.05, 0) is 34.6 Å². The molecule has 84 valence electrons. The number of hydrogen-bond donors (Lipinski definition) is 0. The summed E-state index contributed by atoms with van der Waals surface area (Å²) in [6.07, 6.45) is 3.31. The molecule has 0 fully saturated rings. The highest BCUT2D eigenvalue weighted by Crippen LogP contribution is 2.06. The van der Waals surface area contributed by atoms with Crippen molar-refractivity contribution in [2.75, 3.05) is 6.61 Å². The number of Topliss-reactive ketones (excluding diaryl/α,β-unsaturated/α-hetero) is 1. The Morgan fingerprint density at radius 3 is 2.33 bits per heavy atom. The molecule has 0 amide bonds. The van der Waals surface area contributed by atoms with E-state index in [0.29, 0.717) is 12.2 Å². The van der Waals surface area contributed by atoms with Crippen molar-refractivity contribution in [3.63, 3.8) is 0 Å². The fraction of sp³-hybridized carbons (Fsp3) is 0.500. The van der Waals surface area contributed by atoms with E-state index in [0.717, 1.165) is 11.5 Å². The van der Waals surface area contributed by atoms with Gasteiger partial charge in [0.15, 0.2) is 5.78 Å². The average molecular weight is 209 g/mol. The molecule has 0 spiro atoms. The van der Waals surface area contributed by atoms with Crippen LogP contribution in [0.15, 0.2) is 28.1 Å². The first-order valence-electron chi connectivity index (χ1n) is 5.04. The van der Waals surface area contributed by atoms with Crippen LogP contribution < -0.4 is 0 Å². The van der Waals surface area contributed by atoms with Crippen LogP contribution in [0.25, 0.3) is 0 Å². The van der Waals surface area contributed by atoms with Gasteiger partial charge in [-0.2, -0.15) is 0 Å². The normalized spacial score (nSPS) is 14.1. The second-order valence-corrected chi connectivity index (χ2v) is 3.13. The van der Waals surface area contributed by atoms with Crippen LogP contribution in [-0.4, -0.2) is 18.6 Å². The molecule has 0 aliphatic heterocycles. The van der Waals surface area contributed by atoms with Crippen molar-refractivity contribution in [2.45, 2.75) is 34.6 Å².